The topological polar surface area (TPSA) is 191 Å². The summed E-state index contributed by atoms with van der Waals surface area (Å²) in [5.41, 5.74) is 9.29. The third kappa shape index (κ3) is 8.17. The number of aromatic amines is 2. The van der Waals surface area contributed by atoms with Crippen LogP contribution in [0.1, 0.15) is 67.8 Å². The zero-order valence-corrected chi connectivity index (χ0v) is 30.6. The average Bonchev–Trinajstić information content (AvgIpc) is 3.96. The van der Waals surface area contributed by atoms with E-state index in [0.29, 0.717) is 36.7 Å². The van der Waals surface area contributed by atoms with Crippen molar-refractivity contribution in [3.63, 3.8) is 0 Å². The standard InChI is InChI=1S/C20H23N5O2.C20H19N5O2/c2*1-12(2)27-18-7-14-10-21-9-13(14)6-17(18)25-20-16-8-15(4-3-5-26)24-19(16)22-11-23-20/h6-9,11-12,26H,3-5,10H2,1-2H3,(H2,22,23,24,25);6-9,11-12,26H,5,10H2,1-2H3,(H2,22,23,24,25). The molecule has 0 amide bonds. The summed E-state index contributed by atoms with van der Waals surface area (Å²) in [5.74, 6) is 8.40. The van der Waals surface area contributed by atoms with Crippen LogP contribution in [0.15, 0.2) is 59.0 Å². The molecule has 276 valence electrons. The molecule has 2 aliphatic rings. The van der Waals surface area contributed by atoms with E-state index in [4.69, 9.17) is 19.7 Å². The zero-order valence-electron chi connectivity index (χ0n) is 30.6. The molecule has 14 nitrogen and oxygen atoms in total. The second-order valence-electron chi connectivity index (χ2n) is 13.4. The van der Waals surface area contributed by atoms with Gasteiger partial charge in [0.25, 0.3) is 0 Å². The lowest BCUT2D eigenvalue weighted by Crippen LogP contribution is -2.08. The van der Waals surface area contributed by atoms with Crippen molar-refractivity contribution in [2.75, 3.05) is 23.8 Å². The highest BCUT2D eigenvalue weighted by Crippen LogP contribution is 2.36. The molecule has 2 aromatic carbocycles. The number of aromatic nitrogens is 6. The number of aliphatic imine (C=N–C) groups is 2. The smallest absolute Gasteiger partial charge is 0.143 e. The number of ether oxygens (including phenoxy) is 2. The lowest BCUT2D eigenvalue weighted by atomic mass is 10.1. The number of aliphatic hydroxyl groups excluding tert-OH is 2. The van der Waals surface area contributed by atoms with Gasteiger partial charge in [-0.1, -0.05) is 5.92 Å². The fraction of sp³-hybridized carbons (Fsp3) is 0.300. The molecule has 0 unspecified atom stereocenters. The summed E-state index contributed by atoms with van der Waals surface area (Å²) in [4.78, 5) is 32.5. The first-order valence-corrected chi connectivity index (χ1v) is 17.9. The van der Waals surface area contributed by atoms with Gasteiger partial charge < -0.3 is 40.3 Å². The minimum absolute atomic E-state index is 0.0453. The highest BCUT2D eigenvalue weighted by molar-refractivity contribution is 5.94. The Kier molecular flexibility index (Phi) is 10.8. The first kappa shape index (κ1) is 36.1. The van der Waals surface area contributed by atoms with Crippen LogP contribution in [0.4, 0.5) is 23.0 Å². The first-order valence-electron chi connectivity index (χ1n) is 17.9. The quantitative estimate of drug-likeness (QED) is 0.0850. The lowest BCUT2D eigenvalue weighted by Gasteiger charge is -2.17. The Balaban J connectivity index is 0.000000167. The van der Waals surface area contributed by atoms with Crippen molar-refractivity contribution in [3.05, 3.63) is 82.7 Å². The molecular weight excluding hydrogens is 685 g/mol. The summed E-state index contributed by atoms with van der Waals surface area (Å²) in [5, 5.41) is 26.4. The monoisotopic (exact) mass is 726 g/mol. The van der Waals surface area contributed by atoms with E-state index in [2.05, 4.69) is 68.4 Å². The van der Waals surface area contributed by atoms with Crippen molar-refractivity contribution in [2.45, 2.75) is 65.8 Å². The normalized spacial score (nSPS) is 12.4. The van der Waals surface area contributed by atoms with Crippen molar-refractivity contribution in [1.29, 1.82) is 0 Å². The molecule has 14 heteroatoms. The maximum absolute atomic E-state index is 9.05. The highest BCUT2D eigenvalue weighted by atomic mass is 16.5. The Bertz CT molecular complexity index is 2420. The third-order valence-corrected chi connectivity index (χ3v) is 8.51. The van der Waals surface area contributed by atoms with Crippen LogP contribution in [-0.4, -0.2) is 78.0 Å². The molecule has 0 aliphatic carbocycles. The van der Waals surface area contributed by atoms with Crippen LogP contribution in [-0.2, 0) is 19.5 Å². The van der Waals surface area contributed by atoms with Crippen LogP contribution < -0.4 is 20.1 Å². The van der Waals surface area contributed by atoms with Crippen LogP contribution >= 0.6 is 0 Å². The predicted molar refractivity (Wildman–Crippen MR) is 211 cm³/mol. The summed E-state index contributed by atoms with van der Waals surface area (Å²) in [6.07, 6.45) is 8.37. The summed E-state index contributed by atoms with van der Waals surface area (Å²) in [6, 6.07) is 12.0. The SMILES string of the molecule is CC(C)Oc1cc2c(cc1Nc1ncnc3[nH]c(C#CCO)cc13)C=NC2.CC(C)Oc1cc2c(cc1Nc1ncnc3[nH]c(CCCO)cc13)C=NC2. The van der Waals surface area contributed by atoms with Gasteiger partial charge in [-0.25, -0.2) is 19.9 Å². The van der Waals surface area contributed by atoms with Crippen molar-refractivity contribution >= 4 is 57.5 Å². The molecule has 0 saturated carbocycles. The second-order valence-corrected chi connectivity index (χ2v) is 13.4. The largest absolute Gasteiger partial charge is 0.489 e. The van der Waals surface area contributed by atoms with E-state index in [-0.39, 0.29) is 25.4 Å². The van der Waals surface area contributed by atoms with Gasteiger partial charge in [0.1, 0.15) is 53.7 Å². The number of nitrogens with one attached hydrogen (secondary N) is 4. The number of fused-ring (bicyclic) bond motifs is 4. The van der Waals surface area contributed by atoms with Gasteiger partial charge in [0.2, 0.25) is 0 Å². The Labute approximate surface area is 312 Å². The second kappa shape index (κ2) is 16.2. The molecule has 0 atom stereocenters. The Morgan fingerprint density at radius 2 is 1.28 bits per heavy atom. The maximum atomic E-state index is 9.05. The number of aryl methyl sites for hydroxylation is 1. The minimum atomic E-state index is -0.196. The van der Waals surface area contributed by atoms with Crippen LogP contribution in [0.2, 0.25) is 0 Å². The number of rotatable bonds is 11. The van der Waals surface area contributed by atoms with Crippen molar-refractivity contribution < 1.29 is 19.7 Å². The van der Waals surface area contributed by atoms with Crippen LogP contribution in [0.25, 0.3) is 22.1 Å². The molecule has 0 bridgehead atoms. The van der Waals surface area contributed by atoms with E-state index in [0.717, 1.165) is 79.5 Å². The van der Waals surface area contributed by atoms with Crippen LogP contribution in [0.5, 0.6) is 11.5 Å². The van der Waals surface area contributed by atoms with Crippen molar-refractivity contribution in [3.8, 4) is 23.3 Å². The van der Waals surface area contributed by atoms with E-state index in [1.807, 2.05) is 70.5 Å². The predicted octanol–water partition coefficient (Wildman–Crippen LogP) is 6.11. The summed E-state index contributed by atoms with van der Waals surface area (Å²) in [6.45, 7) is 9.34. The lowest BCUT2D eigenvalue weighted by molar-refractivity contribution is 0.243. The molecule has 54 heavy (non-hydrogen) atoms. The molecule has 0 spiro atoms. The molecule has 0 radical (unpaired) electrons. The Morgan fingerprint density at radius 3 is 1.81 bits per heavy atom. The fourth-order valence-corrected chi connectivity index (χ4v) is 6.17. The molecule has 6 N–H and O–H groups in total. The molecule has 4 aromatic heterocycles. The maximum Gasteiger partial charge on any atom is 0.143 e. The number of aliphatic hydroxyl groups is 2. The molecule has 0 fully saturated rings. The molecule has 6 heterocycles. The van der Waals surface area contributed by atoms with E-state index in [9.17, 15) is 0 Å². The van der Waals surface area contributed by atoms with E-state index in [1.54, 1.807) is 0 Å². The number of hydrogen-bond donors (Lipinski definition) is 6. The Morgan fingerprint density at radius 1 is 0.722 bits per heavy atom. The molecule has 2 aliphatic heterocycles. The van der Waals surface area contributed by atoms with E-state index < -0.39 is 0 Å². The molecule has 0 saturated heterocycles. The van der Waals surface area contributed by atoms with Crippen LogP contribution in [0, 0.1) is 11.8 Å². The molecular formula is C40H42N10O4. The van der Waals surface area contributed by atoms with Gasteiger partial charge in [-0.05, 0) is 105 Å². The van der Waals surface area contributed by atoms with Crippen molar-refractivity contribution in [1.82, 2.24) is 29.9 Å². The number of hydrogen-bond acceptors (Lipinski definition) is 12. The van der Waals surface area contributed by atoms with Gasteiger partial charge in [0.05, 0.1) is 53.1 Å². The number of nitrogens with zero attached hydrogens (tertiary/aromatic N) is 6. The first-order chi connectivity index (χ1) is 26.3. The van der Waals surface area contributed by atoms with Gasteiger partial charge >= 0.3 is 0 Å². The molecule has 6 aromatic rings. The summed E-state index contributed by atoms with van der Waals surface area (Å²) in [7, 11) is 0. The zero-order chi connectivity index (χ0) is 37.6. The fourth-order valence-electron chi connectivity index (χ4n) is 6.17. The van der Waals surface area contributed by atoms with Gasteiger partial charge in [-0.3, -0.25) is 9.98 Å². The van der Waals surface area contributed by atoms with E-state index >= 15 is 0 Å². The van der Waals surface area contributed by atoms with Gasteiger partial charge in [0.15, 0.2) is 0 Å². The van der Waals surface area contributed by atoms with Gasteiger partial charge in [0, 0.05) is 24.7 Å². The van der Waals surface area contributed by atoms with Crippen molar-refractivity contribution in [2.24, 2.45) is 9.98 Å². The average molecular weight is 727 g/mol. The molecule has 8 rings (SSSR count). The number of benzene rings is 2. The highest BCUT2D eigenvalue weighted by Gasteiger charge is 2.18. The van der Waals surface area contributed by atoms with E-state index in [1.165, 1.54) is 12.7 Å². The minimum Gasteiger partial charge on any atom is -0.489 e. The summed E-state index contributed by atoms with van der Waals surface area (Å²) < 4.78 is 12.0. The van der Waals surface area contributed by atoms with Gasteiger partial charge in [-0.15, -0.1) is 0 Å². The third-order valence-electron chi connectivity index (χ3n) is 8.51. The van der Waals surface area contributed by atoms with Gasteiger partial charge in [-0.2, -0.15) is 0 Å². The number of anilines is 4. The van der Waals surface area contributed by atoms with Crippen LogP contribution in [0.3, 0.4) is 0 Å². The summed E-state index contributed by atoms with van der Waals surface area (Å²) >= 11 is 0. The number of H-pyrrole nitrogens is 2. The Hall–Kier alpha value is -6.30.